The molecule has 0 unspecified atom stereocenters. The molecule has 0 aromatic heterocycles. The summed E-state index contributed by atoms with van der Waals surface area (Å²) in [5, 5.41) is 0. The van der Waals surface area contributed by atoms with Crippen LogP contribution in [0.2, 0.25) is 0 Å². The number of benzene rings is 2. The molecule has 1 saturated heterocycles. The maximum atomic E-state index is 11.0. The van der Waals surface area contributed by atoms with Gasteiger partial charge in [0, 0.05) is 30.7 Å². The van der Waals surface area contributed by atoms with Gasteiger partial charge in [-0.2, -0.15) is 0 Å². The molecule has 39 heavy (non-hydrogen) atoms. The quantitative estimate of drug-likeness (QED) is 0.348. The molecule has 2 aliphatic heterocycles. The molecule has 208 valence electrons. The van der Waals surface area contributed by atoms with E-state index in [0.29, 0.717) is 11.7 Å². The Morgan fingerprint density at radius 2 is 1.56 bits per heavy atom. The summed E-state index contributed by atoms with van der Waals surface area (Å²) in [6.07, 6.45) is 9.82. The molecule has 5 heteroatoms. The van der Waals surface area contributed by atoms with Crippen molar-refractivity contribution in [3.63, 3.8) is 0 Å². The lowest BCUT2D eigenvalue weighted by Gasteiger charge is -2.36. The number of ether oxygens (including phenoxy) is 2. The smallest absolute Gasteiger partial charge is 0.168 e. The highest BCUT2D eigenvalue weighted by atomic mass is 16.7. The van der Waals surface area contributed by atoms with Crippen LogP contribution in [0.1, 0.15) is 89.3 Å². The Morgan fingerprint density at radius 3 is 2.05 bits per heavy atom. The van der Waals surface area contributed by atoms with Crippen molar-refractivity contribution in [3.8, 4) is 0 Å². The van der Waals surface area contributed by atoms with Gasteiger partial charge in [-0.1, -0.05) is 87.5 Å². The number of carbonyl (C=O) groups is 1. The van der Waals surface area contributed by atoms with Crippen LogP contribution < -0.4 is 0 Å². The van der Waals surface area contributed by atoms with Crippen molar-refractivity contribution in [2.45, 2.75) is 84.0 Å². The SMILES string of the molecule is C=C1C(CCC)=C(CC)N=CN1C(c1ccccc1)c1ccccc1.CC(=O)CC1CCC2(CC1)OCCO2. The Hall–Kier alpha value is -3.02. The third kappa shape index (κ3) is 7.34. The number of aliphatic imine (C=N–C) groups is 1. The van der Waals surface area contributed by atoms with Gasteiger partial charge in [0.25, 0.3) is 0 Å². The maximum Gasteiger partial charge on any atom is 0.168 e. The van der Waals surface area contributed by atoms with E-state index in [0.717, 1.165) is 70.3 Å². The number of rotatable bonds is 8. The fourth-order valence-electron chi connectivity index (χ4n) is 5.97. The lowest BCUT2D eigenvalue weighted by Crippen LogP contribution is -2.35. The number of ketones is 1. The first-order chi connectivity index (χ1) is 19.0. The van der Waals surface area contributed by atoms with E-state index >= 15 is 0 Å². The Morgan fingerprint density at radius 1 is 1.00 bits per heavy atom. The summed E-state index contributed by atoms with van der Waals surface area (Å²) in [5.74, 6) is 0.595. The number of allylic oxidation sites excluding steroid dienone is 2. The number of hydrogen-bond donors (Lipinski definition) is 0. The Labute approximate surface area is 234 Å². The largest absolute Gasteiger partial charge is 0.348 e. The topological polar surface area (TPSA) is 51.1 Å². The Balaban J connectivity index is 0.000000212. The zero-order valence-electron chi connectivity index (χ0n) is 23.9. The minimum absolute atomic E-state index is 0.0870. The van der Waals surface area contributed by atoms with E-state index in [-0.39, 0.29) is 11.8 Å². The zero-order valence-corrected chi connectivity index (χ0v) is 23.9. The number of nitrogens with zero attached hydrogens (tertiary/aromatic N) is 2. The summed E-state index contributed by atoms with van der Waals surface area (Å²) >= 11 is 0. The molecule has 1 saturated carbocycles. The summed E-state index contributed by atoms with van der Waals surface area (Å²) in [7, 11) is 0. The average molecular weight is 529 g/mol. The monoisotopic (exact) mass is 528 g/mol. The fourth-order valence-corrected chi connectivity index (χ4v) is 5.97. The second-order valence-electron chi connectivity index (χ2n) is 10.8. The highest BCUT2D eigenvalue weighted by Gasteiger charge is 2.40. The minimum atomic E-state index is -0.271. The van der Waals surface area contributed by atoms with Crippen LogP contribution in [-0.4, -0.2) is 36.0 Å². The summed E-state index contributed by atoms with van der Waals surface area (Å²) in [5.41, 5.74) is 6.04. The molecule has 0 bridgehead atoms. The van der Waals surface area contributed by atoms with Crippen LogP contribution in [0.4, 0.5) is 0 Å². The summed E-state index contributed by atoms with van der Waals surface area (Å²) in [4.78, 5) is 18.0. The van der Waals surface area contributed by atoms with Crippen molar-refractivity contribution in [1.29, 1.82) is 0 Å². The van der Waals surface area contributed by atoms with Gasteiger partial charge < -0.3 is 19.2 Å². The molecule has 2 heterocycles. The summed E-state index contributed by atoms with van der Waals surface area (Å²) in [6.45, 7) is 12.0. The van der Waals surface area contributed by atoms with E-state index in [1.165, 1.54) is 22.4 Å². The van der Waals surface area contributed by atoms with E-state index in [1.54, 1.807) is 6.92 Å². The van der Waals surface area contributed by atoms with Crippen molar-refractivity contribution in [2.24, 2.45) is 10.9 Å². The summed E-state index contributed by atoms with van der Waals surface area (Å²) < 4.78 is 11.3. The lowest BCUT2D eigenvalue weighted by atomic mass is 9.82. The minimum Gasteiger partial charge on any atom is -0.348 e. The highest BCUT2D eigenvalue weighted by molar-refractivity contribution is 5.75. The molecule has 2 fully saturated rings. The van der Waals surface area contributed by atoms with Crippen molar-refractivity contribution in [1.82, 2.24) is 4.90 Å². The van der Waals surface area contributed by atoms with Gasteiger partial charge in [-0.05, 0) is 55.2 Å². The van der Waals surface area contributed by atoms with Crippen LogP contribution in [0.25, 0.3) is 0 Å². The normalized spacial score (nSPS) is 19.0. The molecule has 2 aromatic carbocycles. The van der Waals surface area contributed by atoms with Gasteiger partial charge in [-0.15, -0.1) is 0 Å². The van der Waals surface area contributed by atoms with Crippen LogP contribution >= 0.6 is 0 Å². The van der Waals surface area contributed by atoms with Crippen LogP contribution in [-0.2, 0) is 14.3 Å². The molecule has 3 aliphatic rings. The van der Waals surface area contributed by atoms with Crippen LogP contribution in [0.15, 0.2) is 89.2 Å². The third-order valence-electron chi connectivity index (χ3n) is 7.95. The van der Waals surface area contributed by atoms with Gasteiger partial charge in [0.15, 0.2) is 5.79 Å². The zero-order chi connectivity index (χ0) is 27.7. The molecule has 5 nitrogen and oxygen atoms in total. The van der Waals surface area contributed by atoms with E-state index in [9.17, 15) is 4.79 Å². The third-order valence-corrected chi connectivity index (χ3v) is 7.95. The Kier molecular flexibility index (Phi) is 10.3. The molecular weight excluding hydrogens is 484 g/mol. The first-order valence-electron chi connectivity index (χ1n) is 14.6. The van der Waals surface area contributed by atoms with E-state index in [4.69, 9.17) is 14.5 Å². The standard InChI is InChI=1S/C23H26N2.C11H18O3/c1-4-12-21-18(3)25(17-24-22(21)5-2)23(19-13-8-6-9-14-19)20-15-10-7-11-16-20;1-9(12)8-10-2-4-11(5-3-10)13-6-7-14-11/h6-11,13-17,23H,3-5,12H2,1-2H3;10H,2-8H2,1H3. The average Bonchev–Trinajstić information content (AvgIpc) is 3.42. The number of carbonyl (C=O) groups excluding carboxylic acids is 1. The molecular formula is C34H44N2O3. The molecule has 1 aliphatic carbocycles. The van der Waals surface area contributed by atoms with Gasteiger partial charge >= 0.3 is 0 Å². The molecule has 0 amide bonds. The molecule has 0 N–H and O–H groups in total. The van der Waals surface area contributed by atoms with Crippen LogP contribution in [0, 0.1) is 5.92 Å². The fraction of sp³-hybridized carbons (Fsp3) is 0.471. The van der Waals surface area contributed by atoms with Crippen molar-refractivity contribution < 1.29 is 14.3 Å². The summed E-state index contributed by atoms with van der Waals surface area (Å²) in [6, 6.07) is 21.3. The second-order valence-corrected chi connectivity index (χ2v) is 10.8. The molecule has 1 spiro atoms. The number of Topliss-reactive ketones (excluding diaryl/α,β-unsaturated/α-hetero) is 1. The predicted molar refractivity (Wildman–Crippen MR) is 158 cm³/mol. The van der Waals surface area contributed by atoms with Crippen molar-refractivity contribution in [2.75, 3.05) is 13.2 Å². The number of hydrogen-bond acceptors (Lipinski definition) is 5. The van der Waals surface area contributed by atoms with Gasteiger partial charge in [0.1, 0.15) is 5.78 Å². The van der Waals surface area contributed by atoms with Crippen LogP contribution in [0.5, 0.6) is 0 Å². The molecule has 5 rings (SSSR count). The van der Waals surface area contributed by atoms with Gasteiger partial charge in [0.2, 0.25) is 0 Å². The first-order valence-corrected chi connectivity index (χ1v) is 14.6. The lowest BCUT2D eigenvalue weighted by molar-refractivity contribution is -0.183. The predicted octanol–water partition coefficient (Wildman–Crippen LogP) is 8.00. The maximum absolute atomic E-state index is 11.0. The van der Waals surface area contributed by atoms with Crippen LogP contribution in [0.3, 0.4) is 0 Å². The van der Waals surface area contributed by atoms with Gasteiger partial charge in [0.05, 0.1) is 25.6 Å². The Bertz CT molecular complexity index is 1100. The van der Waals surface area contributed by atoms with Gasteiger partial charge in [-0.25, -0.2) is 4.99 Å². The first kappa shape index (κ1) is 29.0. The van der Waals surface area contributed by atoms with Gasteiger partial charge in [-0.3, -0.25) is 0 Å². The highest BCUT2D eigenvalue weighted by Crippen LogP contribution is 2.39. The van der Waals surface area contributed by atoms with E-state index < -0.39 is 0 Å². The van der Waals surface area contributed by atoms with E-state index in [1.807, 2.05) is 6.34 Å². The molecule has 2 aromatic rings. The molecule has 0 radical (unpaired) electrons. The molecule has 0 atom stereocenters. The van der Waals surface area contributed by atoms with Crippen molar-refractivity contribution in [3.05, 3.63) is 95.3 Å². The van der Waals surface area contributed by atoms with Crippen molar-refractivity contribution >= 4 is 12.1 Å². The van der Waals surface area contributed by atoms with E-state index in [2.05, 4.69) is 86.0 Å². The second kappa shape index (κ2) is 13.9.